The summed E-state index contributed by atoms with van der Waals surface area (Å²) in [5.74, 6) is 0. The van der Waals surface area contributed by atoms with Crippen molar-refractivity contribution in [2.24, 2.45) is 0 Å². The molecule has 0 aliphatic heterocycles. The third-order valence-corrected chi connectivity index (χ3v) is 12.9. The van der Waals surface area contributed by atoms with Crippen molar-refractivity contribution in [2.45, 2.75) is 0 Å². The first-order chi connectivity index (χ1) is 34.7. The molecular formula is C68H50N2. The van der Waals surface area contributed by atoms with Crippen molar-refractivity contribution in [3.05, 3.63) is 302 Å². The van der Waals surface area contributed by atoms with Gasteiger partial charge in [0.15, 0.2) is 0 Å². The van der Waals surface area contributed by atoms with Crippen LogP contribution in [0.1, 0.15) is 11.1 Å². The van der Waals surface area contributed by atoms with Gasteiger partial charge in [0.25, 0.3) is 0 Å². The average molecular weight is 895 g/mol. The molecule has 2 heteroatoms. The highest BCUT2D eigenvalue weighted by Crippen LogP contribution is 2.39. The smallest absolute Gasteiger partial charge is 0.0462 e. The van der Waals surface area contributed by atoms with Crippen LogP contribution in [0.25, 0.3) is 67.8 Å². The Morgan fingerprint density at radius 2 is 0.314 bits per heavy atom. The van der Waals surface area contributed by atoms with Crippen molar-refractivity contribution >= 4 is 46.3 Å². The first-order valence-corrected chi connectivity index (χ1v) is 23.9. The lowest BCUT2D eigenvalue weighted by atomic mass is 10.0. The zero-order valence-corrected chi connectivity index (χ0v) is 38.8. The van der Waals surface area contributed by atoms with E-state index in [1.165, 1.54) is 55.6 Å². The van der Waals surface area contributed by atoms with Crippen molar-refractivity contribution < 1.29 is 0 Å². The molecule has 0 heterocycles. The first kappa shape index (κ1) is 43.3. The average Bonchev–Trinajstić information content (AvgIpc) is 3.45. The van der Waals surface area contributed by atoms with Crippen molar-refractivity contribution in [2.75, 3.05) is 9.80 Å². The standard InChI is InChI=1S/C68H50N2/c1-5-13-53(14-6-1)58-29-41-64(42-30-58)69(65-43-31-59(32-44-65)54-15-7-2-8-16-54)63-39-25-52(26-40-63)22-21-51-23-27-57(28-24-51)62-37-49-68(50-38-62)70(66-45-33-60(34-46-66)55-17-9-3-10-18-55)67-47-35-61(36-48-67)56-19-11-4-12-20-56/h1-50H/b22-21-. The fourth-order valence-electron chi connectivity index (χ4n) is 9.15. The summed E-state index contributed by atoms with van der Waals surface area (Å²) in [6, 6.07) is 104. The normalized spacial score (nSPS) is 11.1. The minimum absolute atomic E-state index is 1.09. The topological polar surface area (TPSA) is 6.48 Å². The number of hydrogen-bond donors (Lipinski definition) is 0. The van der Waals surface area contributed by atoms with E-state index >= 15 is 0 Å². The molecule has 332 valence electrons. The van der Waals surface area contributed by atoms with E-state index in [0.29, 0.717) is 0 Å². The lowest BCUT2D eigenvalue weighted by molar-refractivity contribution is 1.28. The molecule has 0 atom stereocenters. The summed E-state index contributed by atoms with van der Waals surface area (Å²) in [6.45, 7) is 0. The number of hydrogen-bond acceptors (Lipinski definition) is 2. The van der Waals surface area contributed by atoms with Crippen LogP contribution >= 0.6 is 0 Å². The van der Waals surface area contributed by atoms with Crippen LogP contribution in [0, 0.1) is 0 Å². The lowest BCUT2D eigenvalue weighted by Crippen LogP contribution is -2.09. The summed E-state index contributed by atoms with van der Waals surface area (Å²) in [5, 5.41) is 0. The molecule has 0 N–H and O–H groups in total. The third-order valence-electron chi connectivity index (χ3n) is 12.9. The molecule has 2 nitrogen and oxygen atoms in total. The molecular weight excluding hydrogens is 845 g/mol. The highest BCUT2D eigenvalue weighted by Gasteiger charge is 2.16. The largest absolute Gasteiger partial charge is 0.311 e. The van der Waals surface area contributed by atoms with Crippen LogP contribution in [-0.2, 0) is 0 Å². The Hall–Kier alpha value is -9.24. The van der Waals surface area contributed by atoms with Gasteiger partial charge in [0.2, 0.25) is 0 Å². The van der Waals surface area contributed by atoms with Gasteiger partial charge in [-0.3, -0.25) is 0 Å². The van der Waals surface area contributed by atoms with Gasteiger partial charge in [-0.15, -0.1) is 0 Å². The highest BCUT2D eigenvalue weighted by atomic mass is 15.1. The van der Waals surface area contributed by atoms with Gasteiger partial charge in [-0.05, 0) is 140 Å². The summed E-state index contributed by atoms with van der Waals surface area (Å²) in [6.07, 6.45) is 4.38. The summed E-state index contributed by atoms with van der Waals surface area (Å²) < 4.78 is 0. The van der Waals surface area contributed by atoms with Gasteiger partial charge in [-0.25, -0.2) is 0 Å². The van der Waals surface area contributed by atoms with E-state index < -0.39 is 0 Å². The Bertz CT molecular complexity index is 3260. The molecule has 11 aromatic carbocycles. The molecule has 0 aromatic heterocycles. The predicted octanol–water partition coefficient (Wildman–Crippen LogP) is 19.1. The molecule has 0 saturated heterocycles. The molecule has 0 spiro atoms. The maximum absolute atomic E-state index is 2.33. The Kier molecular flexibility index (Phi) is 12.6. The fraction of sp³-hybridized carbons (Fsp3) is 0. The lowest BCUT2D eigenvalue weighted by Gasteiger charge is -2.26. The molecule has 0 bridgehead atoms. The van der Waals surface area contributed by atoms with E-state index in [1.807, 2.05) is 0 Å². The molecule has 70 heavy (non-hydrogen) atoms. The Morgan fingerprint density at radius 3 is 0.529 bits per heavy atom. The molecule has 0 aliphatic rings. The minimum atomic E-state index is 1.09. The molecule has 0 unspecified atom stereocenters. The molecule has 0 aliphatic carbocycles. The summed E-state index contributed by atoms with van der Waals surface area (Å²) in [5.41, 5.74) is 20.8. The van der Waals surface area contributed by atoms with Crippen molar-refractivity contribution in [1.82, 2.24) is 0 Å². The second kappa shape index (κ2) is 20.3. The molecule has 0 saturated carbocycles. The number of benzene rings is 11. The summed E-state index contributed by atoms with van der Waals surface area (Å²) >= 11 is 0. The molecule has 0 amide bonds. The van der Waals surface area contributed by atoms with Gasteiger partial charge in [-0.1, -0.05) is 231 Å². The zero-order chi connectivity index (χ0) is 46.9. The SMILES string of the molecule is C(=C/c1ccc(N(c2ccc(-c3ccccc3)cc2)c2ccc(-c3ccccc3)cc2)cc1)/c1ccc(-c2ccc(N(c3ccc(-c4ccccc4)cc3)c3ccc(-c4ccccc4)cc3)cc2)cc1. The Morgan fingerprint density at radius 1 is 0.157 bits per heavy atom. The van der Waals surface area contributed by atoms with Gasteiger partial charge in [0.05, 0.1) is 0 Å². The monoisotopic (exact) mass is 894 g/mol. The Balaban J connectivity index is 0.814. The van der Waals surface area contributed by atoms with Gasteiger partial charge in [-0.2, -0.15) is 0 Å². The highest BCUT2D eigenvalue weighted by molar-refractivity contribution is 5.83. The zero-order valence-electron chi connectivity index (χ0n) is 38.8. The van der Waals surface area contributed by atoms with Crippen LogP contribution in [0.15, 0.2) is 291 Å². The van der Waals surface area contributed by atoms with Crippen LogP contribution in [0.2, 0.25) is 0 Å². The van der Waals surface area contributed by atoms with E-state index in [2.05, 4.69) is 313 Å². The molecule has 0 radical (unpaired) electrons. The third kappa shape index (κ3) is 9.76. The van der Waals surface area contributed by atoms with Crippen LogP contribution in [0.3, 0.4) is 0 Å². The quantitative estimate of drug-likeness (QED) is 0.106. The van der Waals surface area contributed by atoms with Gasteiger partial charge in [0.1, 0.15) is 0 Å². The maximum atomic E-state index is 2.33. The van der Waals surface area contributed by atoms with E-state index in [4.69, 9.17) is 0 Å². The van der Waals surface area contributed by atoms with E-state index in [-0.39, 0.29) is 0 Å². The maximum Gasteiger partial charge on any atom is 0.0462 e. The van der Waals surface area contributed by atoms with Crippen molar-refractivity contribution in [3.63, 3.8) is 0 Å². The Labute approximate surface area is 412 Å². The molecule has 0 fully saturated rings. The van der Waals surface area contributed by atoms with Crippen LogP contribution < -0.4 is 9.80 Å². The van der Waals surface area contributed by atoms with E-state index in [9.17, 15) is 0 Å². The van der Waals surface area contributed by atoms with Crippen molar-refractivity contribution in [3.8, 4) is 55.6 Å². The summed E-state index contributed by atoms with van der Waals surface area (Å²) in [4.78, 5) is 4.66. The van der Waals surface area contributed by atoms with Crippen molar-refractivity contribution in [1.29, 1.82) is 0 Å². The van der Waals surface area contributed by atoms with Crippen LogP contribution in [0.4, 0.5) is 34.1 Å². The molecule has 11 rings (SSSR count). The second-order valence-electron chi connectivity index (χ2n) is 17.4. The predicted molar refractivity (Wildman–Crippen MR) is 298 cm³/mol. The van der Waals surface area contributed by atoms with Gasteiger partial charge < -0.3 is 9.80 Å². The van der Waals surface area contributed by atoms with Gasteiger partial charge in [0, 0.05) is 34.1 Å². The first-order valence-electron chi connectivity index (χ1n) is 23.9. The number of nitrogens with zero attached hydrogens (tertiary/aromatic N) is 2. The molecule has 11 aromatic rings. The van der Waals surface area contributed by atoms with Crippen LogP contribution in [0.5, 0.6) is 0 Å². The number of rotatable bonds is 13. The van der Waals surface area contributed by atoms with Gasteiger partial charge >= 0.3 is 0 Å². The second-order valence-corrected chi connectivity index (χ2v) is 17.4. The number of anilines is 6. The minimum Gasteiger partial charge on any atom is -0.311 e. The fourth-order valence-corrected chi connectivity index (χ4v) is 9.15. The van der Waals surface area contributed by atoms with E-state index in [1.54, 1.807) is 0 Å². The van der Waals surface area contributed by atoms with Crippen LogP contribution in [-0.4, -0.2) is 0 Å². The van der Waals surface area contributed by atoms with E-state index in [0.717, 1.165) is 45.3 Å². The summed E-state index contributed by atoms with van der Waals surface area (Å²) in [7, 11) is 0.